The lowest BCUT2D eigenvalue weighted by Crippen LogP contribution is -2.09. The molecule has 1 heterocycles. The average Bonchev–Trinajstić information content (AvgIpc) is 2.34. The van der Waals surface area contributed by atoms with Gasteiger partial charge in [0.1, 0.15) is 11.4 Å². The maximum atomic E-state index is 12.7. The molecule has 0 saturated heterocycles. The highest BCUT2D eigenvalue weighted by Crippen LogP contribution is 2.34. The summed E-state index contributed by atoms with van der Waals surface area (Å²) >= 11 is 2.10. The minimum atomic E-state index is -4.47. The summed E-state index contributed by atoms with van der Waals surface area (Å²) in [7, 11) is 0. The first-order chi connectivity index (χ1) is 8.52. The van der Waals surface area contributed by atoms with Crippen molar-refractivity contribution < 1.29 is 17.9 Å². The molecule has 2 nitrogen and oxygen atoms in total. The van der Waals surface area contributed by atoms with E-state index in [9.17, 15) is 13.2 Å². The molecule has 0 spiro atoms. The summed E-state index contributed by atoms with van der Waals surface area (Å²) in [6.07, 6.45) is -4.47. The van der Waals surface area contributed by atoms with E-state index in [2.05, 4.69) is 27.6 Å². The first-order valence-corrected chi connectivity index (χ1v) is 6.70. The van der Waals surface area contributed by atoms with E-state index in [1.807, 2.05) is 0 Å². The number of rotatable bonds is 3. The van der Waals surface area contributed by atoms with Gasteiger partial charge in [0.05, 0.1) is 12.1 Å². The van der Waals surface area contributed by atoms with E-state index < -0.39 is 11.9 Å². The SMILES string of the molecule is FC(F)(F)c1cc(OCCI)c2ccccc2n1. The molecule has 1 aromatic heterocycles. The van der Waals surface area contributed by atoms with Crippen LogP contribution in [0.3, 0.4) is 0 Å². The zero-order valence-corrected chi connectivity index (χ0v) is 11.3. The number of aromatic nitrogens is 1. The zero-order chi connectivity index (χ0) is 13.2. The summed E-state index contributed by atoms with van der Waals surface area (Å²) in [6, 6.07) is 7.59. The Kier molecular flexibility index (Phi) is 3.94. The van der Waals surface area contributed by atoms with Crippen molar-refractivity contribution in [2.75, 3.05) is 11.0 Å². The lowest BCUT2D eigenvalue weighted by Gasteiger charge is -2.12. The van der Waals surface area contributed by atoms with Crippen molar-refractivity contribution in [1.82, 2.24) is 4.98 Å². The van der Waals surface area contributed by atoms with Gasteiger partial charge in [-0.1, -0.05) is 34.7 Å². The van der Waals surface area contributed by atoms with Crippen LogP contribution in [0.2, 0.25) is 0 Å². The topological polar surface area (TPSA) is 22.1 Å². The number of alkyl halides is 4. The molecular formula is C12H9F3INO. The highest BCUT2D eigenvalue weighted by atomic mass is 127. The quantitative estimate of drug-likeness (QED) is 0.603. The predicted octanol–water partition coefficient (Wildman–Crippen LogP) is 4.07. The molecule has 96 valence electrons. The first kappa shape index (κ1) is 13.4. The molecule has 0 amide bonds. The van der Waals surface area contributed by atoms with Gasteiger partial charge in [0.15, 0.2) is 0 Å². The highest BCUT2D eigenvalue weighted by molar-refractivity contribution is 14.1. The third kappa shape index (κ3) is 2.85. The van der Waals surface area contributed by atoms with Crippen LogP contribution in [0, 0.1) is 0 Å². The van der Waals surface area contributed by atoms with Crippen LogP contribution in [0.15, 0.2) is 30.3 Å². The Morgan fingerprint density at radius 3 is 2.61 bits per heavy atom. The van der Waals surface area contributed by atoms with E-state index in [1.165, 1.54) is 0 Å². The third-order valence-corrected chi connectivity index (χ3v) is 2.74. The van der Waals surface area contributed by atoms with Gasteiger partial charge in [0, 0.05) is 15.9 Å². The largest absolute Gasteiger partial charge is 0.492 e. The Balaban J connectivity index is 2.57. The highest BCUT2D eigenvalue weighted by Gasteiger charge is 2.33. The van der Waals surface area contributed by atoms with Crippen molar-refractivity contribution in [3.8, 4) is 5.75 Å². The number of benzene rings is 1. The molecule has 0 N–H and O–H groups in total. The van der Waals surface area contributed by atoms with Crippen LogP contribution >= 0.6 is 22.6 Å². The van der Waals surface area contributed by atoms with E-state index in [1.54, 1.807) is 24.3 Å². The van der Waals surface area contributed by atoms with Crippen molar-refractivity contribution >= 4 is 33.5 Å². The monoisotopic (exact) mass is 367 g/mol. The maximum Gasteiger partial charge on any atom is 0.433 e. The number of ether oxygens (including phenoxy) is 1. The van der Waals surface area contributed by atoms with E-state index in [4.69, 9.17) is 4.74 Å². The standard InChI is InChI=1S/C12H9F3INO/c13-12(14,15)11-7-10(18-6-5-16)8-3-1-2-4-9(8)17-11/h1-4,7H,5-6H2. The molecule has 1 aromatic carbocycles. The molecule has 0 radical (unpaired) electrons. The molecule has 6 heteroatoms. The van der Waals surface area contributed by atoms with Crippen LogP contribution in [0.5, 0.6) is 5.75 Å². The number of para-hydroxylation sites is 1. The molecule has 0 bridgehead atoms. The van der Waals surface area contributed by atoms with Crippen LogP contribution in [-0.4, -0.2) is 16.0 Å². The second kappa shape index (κ2) is 5.29. The summed E-state index contributed by atoms with van der Waals surface area (Å²) in [5.41, 5.74) is -0.638. The van der Waals surface area contributed by atoms with Gasteiger partial charge in [-0.3, -0.25) is 0 Å². The van der Waals surface area contributed by atoms with Gasteiger partial charge < -0.3 is 4.74 Å². The molecule has 2 aromatic rings. The molecular weight excluding hydrogens is 358 g/mol. The molecule has 0 atom stereocenters. The van der Waals surface area contributed by atoms with Crippen LogP contribution in [0.4, 0.5) is 13.2 Å². The molecule has 0 aliphatic carbocycles. The molecule has 2 rings (SSSR count). The van der Waals surface area contributed by atoms with Crippen molar-refractivity contribution in [3.63, 3.8) is 0 Å². The lowest BCUT2D eigenvalue weighted by molar-refractivity contribution is -0.141. The summed E-state index contributed by atoms with van der Waals surface area (Å²) in [5.74, 6) is 0.226. The van der Waals surface area contributed by atoms with E-state index in [0.29, 0.717) is 16.4 Å². The normalized spacial score (nSPS) is 11.8. The average molecular weight is 367 g/mol. The zero-order valence-electron chi connectivity index (χ0n) is 9.17. The number of pyridine rings is 1. The Bertz CT molecular complexity index is 557. The van der Waals surface area contributed by atoms with E-state index in [-0.39, 0.29) is 11.3 Å². The Morgan fingerprint density at radius 2 is 1.94 bits per heavy atom. The first-order valence-electron chi connectivity index (χ1n) is 5.18. The molecule has 0 unspecified atom stereocenters. The maximum absolute atomic E-state index is 12.7. The van der Waals surface area contributed by atoms with Gasteiger partial charge in [0.25, 0.3) is 0 Å². The van der Waals surface area contributed by atoms with Gasteiger partial charge in [-0.2, -0.15) is 13.2 Å². The Hall–Kier alpha value is -1.05. The van der Waals surface area contributed by atoms with E-state index >= 15 is 0 Å². The molecule has 18 heavy (non-hydrogen) atoms. The molecule has 0 aliphatic rings. The second-order valence-electron chi connectivity index (χ2n) is 3.56. The summed E-state index contributed by atoms with van der Waals surface area (Å²) in [6.45, 7) is 0.367. The van der Waals surface area contributed by atoms with E-state index in [0.717, 1.165) is 6.07 Å². The fourth-order valence-corrected chi connectivity index (χ4v) is 1.78. The van der Waals surface area contributed by atoms with Crippen LogP contribution in [-0.2, 0) is 6.18 Å². The fourth-order valence-electron chi connectivity index (χ4n) is 1.56. The van der Waals surface area contributed by atoms with Gasteiger partial charge in [-0.05, 0) is 12.1 Å². The molecule has 0 aliphatic heterocycles. The van der Waals surface area contributed by atoms with Crippen LogP contribution in [0.25, 0.3) is 10.9 Å². The van der Waals surface area contributed by atoms with Crippen LogP contribution in [0.1, 0.15) is 5.69 Å². The third-order valence-electron chi connectivity index (χ3n) is 2.30. The minimum absolute atomic E-state index is 0.226. The Morgan fingerprint density at radius 1 is 1.22 bits per heavy atom. The van der Waals surface area contributed by atoms with Crippen LogP contribution < -0.4 is 4.74 Å². The summed E-state index contributed by atoms with van der Waals surface area (Å²) in [5, 5.41) is 0.593. The van der Waals surface area contributed by atoms with Gasteiger partial charge >= 0.3 is 6.18 Å². The predicted molar refractivity (Wildman–Crippen MR) is 71.1 cm³/mol. The number of hydrogen-bond donors (Lipinski definition) is 0. The summed E-state index contributed by atoms with van der Waals surface area (Å²) < 4.78 is 44.2. The second-order valence-corrected chi connectivity index (χ2v) is 4.64. The molecule has 0 fully saturated rings. The van der Waals surface area contributed by atoms with Crippen molar-refractivity contribution in [2.45, 2.75) is 6.18 Å². The fraction of sp³-hybridized carbons (Fsp3) is 0.250. The van der Waals surface area contributed by atoms with Gasteiger partial charge in [-0.15, -0.1) is 0 Å². The van der Waals surface area contributed by atoms with Crippen molar-refractivity contribution in [2.24, 2.45) is 0 Å². The number of halogens is 4. The molecule has 0 saturated carbocycles. The Labute approximate surface area is 115 Å². The summed E-state index contributed by atoms with van der Waals surface area (Å²) in [4.78, 5) is 3.61. The number of nitrogens with zero attached hydrogens (tertiary/aromatic N) is 1. The lowest BCUT2D eigenvalue weighted by atomic mass is 10.2. The van der Waals surface area contributed by atoms with Gasteiger partial charge in [-0.25, -0.2) is 4.98 Å². The van der Waals surface area contributed by atoms with Gasteiger partial charge in [0.2, 0.25) is 0 Å². The van der Waals surface area contributed by atoms with Crippen molar-refractivity contribution in [1.29, 1.82) is 0 Å². The smallest absolute Gasteiger partial charge is 0.433 e. The minimum Gasteiger partial charge on any atom is -0.492 e. The number of fused-ring (bicyclic) bond motifs is 1. The number of hydrogen-bond acceptors (Lipinski definition) is 2. The van der Waals surface area contributed by atoms with Crippen molar-refractivity contribution in [3.05, 3.63) is 36.0 Å².